The summed E-state index contributed by atoms with van der Waals surface area (Å²) in [7, 11) is 1.27. The summed E-state index contributed by atoms with van der Waals surface area (Å²) in [5.41, 5.74) is -0.251. The standard InChI is InChI=1S/C8H12N2O3/c1-8(2,3)7-9-5(10-13-7)6(11)12-4/h1-4H3. The maximum atomic E-state index is 10.9. The SMILES string of the molecule is COC(=O)c1noc(C(C)(C)C)n1. The van der Waals surface area contributed by atoms with Crippen molar-refractivity contribution in [2.45, 2.75) is 26.2 Å². The second-order valence-corrected chi connectivity index (χ2v) is 3.66. The molecule has 1 aromatic rings. The van der Waals surface area contributed by atoms with Crippen molar-refractivity contribution in [3.63, 3.8) is 0 Å². The van der Waals surface area contributed by atoms with Gasteiger partial charge in [0, 0.05) is 5.41 Å². The Labute approximate surface area is 76.1 Å². The summed E-state index contributed by atoms with van der Waals surface area (Å²) in [5.74, 6) is -0.195. The van der Waals surface area contributed by atoms with Crippen LogP contribution in [0.25, 0.3) is 0 Å². The molecular formula is C8H12N2O3. The van der Waals surface area contributed by atoms with Crippen LogP contribution in [-0.4, -0.2) is 23.2 Å². The minimum atomic E-state index is -0.584. The predicted octanol–water partition coefficient (Wildman–Crippen LogP) is 1.15. The van der Waals surface area contributed by atoms with Gasteiger partial charge in [-0.3, -0.25) is 0 Å². The number of ether oxygens (including phenoxy) is 1. The van der Waals surface area contributed by atoms with Crippen LogP contribution >= 0.6 is 0 Å². The highest BCUT2D eigenvalue weighted by molar-refractivity contribution is 5.84. The van der Waals surface area contributed by atoms with Gasteiger partial charge < -0.3 is 9.26 Å². The van der Waals surface area contributed by atoms with Crippen LogP contribution in [0.4, 0.5) is 0 Å². The number of esters is 1. The van der Waals surface area contributed by atoms with E-state index in [4.69, 9.17) is 4.52 Å². The van der Waals surface area contributed by atoms with Crippen molar-refractivity contribution in [3.8, 4) is 0 Å². The molecule has 0 atom stereocenters. The second kappa shape index (κ2) is 3.16. The third kappa shape index (κ3) is 2.05. The van der Waals surface area contributed by atoms with Crippen LogP contribution < -0.4 is 0 Å². The number of carbonyl (C=O) groups is 1. The molecule has 0 aromatic carbocycles. The molecule has 0 N–H and O–H groups in total. The first kappa shape index (κ1) is 9.70. The van der Waals surface area contributed by atoms with Gasteiger partial charge in [-0.25, -0.2) is 4.79 Å². The molecule has 0 aliphatic carbocycles. The fraction of sp³-hybridized carbons (Fsp3) is 0.625. The molecule has 72 valence electrons. The van der Waals surface area contributed by atoms with E-state index in [1.807, 2.05) is 20.8 Å². The number of aromatic nitrogens is 2. The number of rotatable bonds is 1. The van der Waals surface area contributed by atoms with Crippen molar-refractivity contribution in [2.75, 3.05) is 7.11 Å². The number of methoxy groups -OCH3 is 1. The highest BCUT2D eigenvalue weighted by atomic mass is 16.5. The van der Waals surface area contributed by atoms with E-state index < -0.39 is 5.97 Å². The number of hydrogen-bond donors (Lipinski definition) is 0. The van der Waals surface area contributed by atoms with Crippen LogP contribution in [0.1, 0.15) is 37.3 Å². The zero-order valence-electron chi connectivity index (χ0n) is 8.12. The normalized spacial score (nSPS) is 11.4. The Morgan fingerprint density at radius 1 is 1.46 bits per heavy atom. The third-order valence-electron chi connectivity index (χ3n) is 1.44. The summed E-state index contributed by atoms with van der Waals surface area (Å²) >= 11 is 0. The van der Waals surface area contributed by atoms with Gasteiger partial charge in [-0.05, 0) is 5.16 Å². The molecule has 0 amide bonds. The van der Waals surface area contributed by atoms with Gasteiger partial charge in [-0.2, -0.15) is 4.98 Å². The van der Waals surface area contributed by atoms with Crippen LogP contribution in [-0.2, 0) is 10.2 Å². The molecule has 1 aromatic heterocycles. The Balaban J connectivity index is 2.93. The monoisotopic (exact) mass is 184 g/mol. The Kier molecular flexibility index (Phi) is 2.36. The molecule has 0 spiro atoms. The van der Waals surface area contributed by atoms with E-state index in [1.165, 1.54) is 7.11 Å². The van der Waals surface area contributed by atoms with Gasteiger partial charge in [0.15, 0.2) is 0 Å². The molecule has 5 nitrogen and oxygen atoms in total. The van der Waals surface area contributed by atoms with Crippen molar-refractivity contribution in [2.24, 2.45) is 0 Å². The van der Waals surface area contributed by atoms with Crippen molar-refractivity contribution in [3.05, 3.63) is 11.7 Å². The number of carbonyl (C=O) groups excluding carboxylic acids is 1. The number of nitrogens with zero attached hydrogens (tertiary/aromatic N) is 2. The molecule has 0 radical (unpaired) electrons. The average Bonchev–Trinajstić information content (AvgIpc) is 2.50. The third-order valence-corrected chi connectivity index (χ3v) is 1.44. The summed E-state index contributed by atoms with van der Waals surface area (Å²) in [6, 6.07) is 0. The summed E-state index contributed by atoms with van der Waals surface area (Å²) < 4.78 is 9.33. The fourth-order valence-corrected chi connectivity index (χ4v) is 0.702. The van der Waals surface area contributed by atoms with Gasteiger partial charge in [0.25, 0.3) is 5.82 Å². The van der Waals surface area contributed by atoms with Crippen LogP contribution in [0.5, 0.6) is 0 Å². The molecule has 1 heterocycles. The van der Waals surface area contributed by atoms with Crippen molar-refractivity contribution >= 4 is 5.97 Å². The van der Waals surface area contributed by atoms with E-state index in [-0.39, 0.29) is 11.2 Å². The van der Waals surface area contributed by atoms with E-state index in [0.29, 0.717) is 5.89 Å². The van der Waals surface area contributed by atoms with E-state index in [1.54, 1.807) is 0 Å². The lowest BCUT2D eigenvalue weighted by atomic mass is 9.97. The number of hydrogen-bond acceptors (Lipinski definition) is 5. The molecule has 0 bridgehead atoms. The van der Waals surface area contributed by atoms with Crippen molar-refractivity contribution in [1.29, 1.82) is 0 Å². The lowest BCUT2D eigenvalue weighted by molar-refractivity contribution is 0.0583. The molecule has 0 unspecified atom stereocenters. The Morgan fingerprint density at radius 3 is 2.46 bits per heavy atom. The van der Waals surface area contributed by atoms with E-state index >= 15 is 0 Å². The lowest BCUT2D eigenvalue weighted by Gasteiger charge is -2.10. The maximum Gasteiger partial charge on any atom is 0.379 e. The highest BCUT2D eigenvalue weighted by Gasteiger charge is 2.24. The van der Waals surface area contributed by atoms with Gasteiger partial charge in [0.2, 0.25) is 5.89 Å². The quantitative estimate of drug-likeness (QED) is 0.612. The molecule has 0 saturated heterocycles. The highest BCUT2D eigenvalue weighted by Crippen LogP contribution is 2.19. The molecule has 5 heteroatoms. The van der Waals surface area contributed by atoms with Gasteiger partial charge in [0.05, 0.1) is 7.11 Å². The summed E-state index contributed by atoms with van der Waals surface area (Å²) in [4.78, 5) is 14.8. The van der Waals surface area contributed by atoms with Crippen molar-refractivity contribution in [1.82, 2.24) is 10.1 Å². The first-order chi connectivity index (χ1) is 5.95. The van der Waals surface area contributed by atoms with Crippen LogP contribution in [0.3, 0.4) is 0 Å². The minimum Gasteiger partial charge on any atom is -0.463 e. The average molecular weight is 184 g/mol. The molecule has 0 aliphatic heterocycles. The zero-order valence-corrected chi connectivity index (χ0v) is 8.12. The first-order valence-corrected chi connectivity index (χ1v) is 3.87. The Bertz CT molecular complexity index is 311. The van der Waals surface area contributed by atoms with Crippen LogP contribution in [0, 0.1) is 0 Å². The fourth-order valence-electron chi connectivity index (χ4n) is 0.702. The molecular weight excluding hydrogens is 172 g/mol. The summed E-state index contributed by atoms with van der Waals surface area (Å²) in [6.07, 6.45) is 0. The predicted molar refractivity (Wildman–Crippen MR) is 44.3 cm³/mol. The molecule has 0 aliphatic rings. The van der Waals surface area contributed by atoms with E-state index in [0.717, 1.165) is 0 Å². The smallest absolute Gasteiger partial charge is 0.379 e. The zero-order chi connectivity index (χ0) is 10.1. The van der Waals surface area contributed by atoms with Crippen molar-refractivity contribution < 1.29 is 14.1 Å². The van der Waals surface area contributed by atoms with Crippen LogP contribution in [0.15, 0.2) is 4.52 Å². The Hall–Kier alpha value is -1.39. The molecule has 13 heavy (non-hydrogen) atoms. The molecule has 1 rings (SSSR count). The topological polar surface area (TPSA) is 65.2 Å². The minimum absolute atomic E-state index is 0.0348. The summed E-state index contributed by atoms with van der Waals surface area (Å²) in [5, 5.41) is 3.49. The molecule has 0 saturated carbocycles. The van der Waals surface area contributed by atoms with Crippen LogP contribution in [0.2, 0.25) is 0 Å². The largest absolute Gasteiger partial charge is 0.463 e. The van der Waals surface area contributed by atoms with Gasteiger partial charge >= 0.3 is 5.97 Å². The second-order valence-electron chi connectivity index (χ2n) is 3.66. The van der Waals surface area contributed by atoms with Gasteiger partial charge in [-0.1, -0.05) is 20.8 Å². The summed E-state index contributed by atoms with van der Waals surface area (Å²) in [6.45, 7) is 5.75. The van der Waals surface area contributed by atoms with Gasteiger partial charge in [-0.15, -0.1) is 0 Å². The Morgan fingerprint density at radius 2 is 2.08 bits per heavy atom. The van der Waals surface area contributed by atoms with Gasteiger partial charge in [0.1, 0.15) is 0 Å². The van der Waals surface area contributed by atoms with E-state index in [9.17, 15) is 4.79 Å². The maximum absolute atomic E-state index is 10.9. The lowest BCUT2D eigenvalue weighted by Crippen LogP contribution is -2.12. The van der Waals surface area contributed by atoms with E-state index in [2.05, 4.69) is 14.9 Å². The first-order valence-electron chi connectivity index (χ1n) is 3.87. The molecule has 0 fully saturated rings.